The van der Waals surface area contributed by atoms with Crippen LogP contribution in [0, 0.1) is 10.1 Å². The highest BCUT2D eigenvalue weighted by atomic mass is 79.9. The first-order valence-electron chi connectivity index (χ1n) is 9.39. The van der Waals surface area contributed by atoms with Crippen LogP contribution in [-0.2, 0) is 6.42 Å². The van der Waals surface area contributed by atoms with Crippen molar-refractivity contribution >= 4 is 50.5 Å². The van der Waals surface area contributed by atoms with Crippen LogP contribution in [0.25, 0.3) is 0 Å². The molecule has 0 saturated heterocycles. The molecule has 0 saturated carbocycles. The van der Waals surface area contributed by atoms with Crippen molar-refractivity contribution in [2.45, 2.75) is 6.42 Å². The van der Waals surface area contributed by atoms with Gasteiger partial charge in [0.05, 0.1) is 28.8 Å². The minimum Gasteiger partial charge on any atom is -0.506 e. The number of benzene rings is 3. The molecule has 164 valence electrons. The average Bonchev–Trinajstić information content (AvgIpc) is 2.76. The Bertz CT molecular complexity index is 1160. The summed E-state index contributed by atoms with van der Waals surface area (Å²) >= 11 is 8.49. The first-order valence-corrected chi connectivity index (χ1v) is 10.6. The number of hydrogen-bond acceptors (Lipinski definition) is 6. The lowest BCUT2D eigenvalue weighted by Gasteiger charge is -2.14. The van der Waals surface area contributed by atoms with Gasteiger partial charge in [-0.05, 0) is 42.0 Å². The van der Waals surface area contributed by atoms with Crippen LogP contribution in [0.4, 0.5) is 11.4 Å². The number of nitro groups is 1. The highest BCUT2D eigenvalue weighted by Crippen LogP contribution is 2.28. The quantitative estimate of drug-likeness (QED) is 0.179. The molecule has 0 atom stereocenters. The van der Waals surface area contributed by atoms with Crippen LogP contribution >= 0.6 is 28.1 Å². The second kappa shape index (κ2) is 10.7. The number of hydrogen-bond donors (Lipinski definition) is 3. The number of nitrogens with one attached hydrogen (secondary N) is 2. The molecule has 0 bridgehead atoms. The van der Waals surface area contributed by atoms with E-state index in [2.05, 4.69) is 26.6 Å². The first kappa shape index (κ1) is 23.2. The molecule has 0 aliphatic heterocycles. The maximum atomic E-state index is 12.8. The minimum atomic E-state index is -0.629. The standard InChI is InChI=1S/C22H18BrN3O5S/c23-15-6-9-20(31-11-10-14-4-2-1-3-5-14)17(12-15)21(28)25-22(32)24-18-8-7-16(26(29)30)13-19(18)27/h1-9,12-13,27H,10-11H2,(H2,24,25,28,32). The van der Waals surface area contributed by atoms with Crippen LogP contribution in [0.3, 0.4) is 0 Å². The van der Waals surface area contributed by atoms with E-state index in [4.69, 9.17) is 17.0 Å². The van der Waals surface area contributed by atoms with Gasteiger partial charge in [-0.15, -0.1) is 0 Å². The SMILES string of the molecule is O=C(NC(=S)Nc1ccc([N+](=O)[O-])cc1O)c1cc(Br)ccc1OCCc1ccccc1. The number of rotatable bonds is 7. The van der Waals surface area contributed by atoms with E-state index in [1.807, 2.05) is 30.3 Å². The van der Waals surface area contributed by atoms with Crippen molar-refractivity contribution < 1.29 is 19.6 Å². The topological polar surface area (TPSA) is 114 Å². The fraction of sp³-hybridized carbons (Fsp3) is 0.0909. The Morgan fingerprint density at radius 1 is 1.12 bits per heavy atom. The van der Waals surface area contributed by atoms with Crippen LogP contribution < -0.4 is 15.4 Å². The molecular formula is C22H18BrN3O5S. The lowest BCUT2D eigenvalue weighted by molar-refractivity contribution is -0.384. The van der Waals surface area contributed by atoms with E-state index in [0.717, 1.165) is 11.6 Å². The molecule has 10 heteroatoms. The number of amides is 1. The van der Waals surface area contributed by atoms with Crippen molar-refractivity contribution in [1.82, 2.24) is 5.32 Å². The molecule has 0 aliphatic carbocycles. The number of nitrogens with zero attached hydrogens (tertiary/aromatic N) is 1. The zero-order valence-corrected chi connectivity index (χ0v) is 19.0. The molecule has 0 fully saturated rings. The predicted molar refractivity (Wildman–Crippen MR) is 128 cm³/mol. The fourth-order valence-corrected chi connectivity index (χ4v) is 3.36. The highest BCUT2D eigenvalue weighted by molar-refractivity contribution is 9.10. The Morgan fingerprint density at radius 2 is 1.88 bits per heavy atom. The van der Waals surface area contributed by atoms with Gasteiger partial charge in [0, 0.05) is 17.0 Å². The number of phenolic OH excluding ortho intramolecular Hbond substituents is 1. The van der Waals surface area contributed by atoms with E-state index in [-0.39, 0.29) is 27.8 Å². The molecule has 3 aromatic rings. The van der Waals surface area contributed by atoms with Gasteiger partial charge in [-0.1, -0.05) is 46.3 Å². The van der Waals surface area contributed by atoms with Gasteiger partial charge in [0.25, 0.3) is 11.6 Å². The molecule has 8 nitrogen and oxygen atoms in total. The summed E-state index contributed by atoms with van der Waals surface area (Å²) in [5.74, 6) is -0.495. The average molecular weight is 516 g/mol. The van der Waals surface area contributed by atoms with Gasteiger partial charge in [-0.25, -0.2) is 0 Å². The highest BCUT2D eigenvalue weighted by Gasteiger charge is 2.16. The number of carbonyl (C=O) groups is 1. The number of halogens is 1. The summed E-state index contributed by atoms with van der Waals surface area (Å²) in [6.45, 7) is 0.380. The minimum absolute atomic E-state index is 0.0886. The van der Waals surface area contributed by atoms with Gasteiger partial charge >= 0.3 is 0 Å². The number of anilines is 1. The summed E-state index contributed by atoms with van der Waals surface area (Å²) < 4.78 is 6.51. The van der Waals surface area contributed by atoms with E-state index < -0.39 is 10.8 Å². The molecule has 0 heterocycles. The summed E-state index contributed by atoms with van der Waals surface area (Å²) in [7, 11) is 0. The van der Waals surface area contributed by atoms with E-state index in [1.165, 1.54) is 12.1 Å². The Labute approximate surface area is 197 Å². The zero-order chi connectivity index (χ0) is 23.1. The number of non-ortho nitro benzene ring substituents is 1. The number of ether oxygens (including phenoxy) is 1. The molecule has 0 aliphatic rings. The number of nitro benzene ring substituents is 1. The molecule has 0 aromatic heterocycles. The van der Waals surface area contributed by atoms with Crippen LogP contribution in [-0.4, -0.2) is 27.7 Å². The lowest BCUT2D eigenvalue weighted by Crippen LogP contribution is -2.34. The van der Waals surface area contributed by atoms with Gasteiger partial charge in [-0.3, -0.25) is 20.2 Å². The molecular weight excluding hydrogens is 498 g/mol. The van der Waals surface area contributed by atoms with Crippen molar-refractivity contribution in [3.05, 3.63) is 92.4 Å². The van der Waals surface area contributed by atoms with Crippen molar-refractivity contribution in [3.63, 3.8) is 0 Å². The van der Waals surface area contributed by atoms with Crippen molar-refractivity contribution in [2.24, 2.45) is 0 Å². The number of phenols is 1. The van der Waals surface area contributed by atoms with E-state index in [9.17, 15) is 20.0 Å². The Kier molecular flexibility index (Phi) is 7.74. The summed E-state index contributed by atoms with van der Waals surface area (Å²) in [5.41, 5.74) is 1.23. The Balaban J connectivity index is 1.65. The van der Waals surface area contributed by atoms with Gasteiger partial charge < -0.3 is 15.2 Å². The molecule has 0 unspecified atom stereocenters. The summed E-state index contributed by atoms with van der Waals surface area (Å²) in [6, 6.07) is 18.4. The monoisotopic (exact) mass is 515 g/mol. The zero-order valence-electron chi connectivity index (χ0n) is 16.6. The Morgan fingerprint density at radius 3 is 2.56 bits per heavy atom. The lowest BCUT2D eigenvalue weighted by atomic mass is 10.1. The van der Waals surface area contributed by atoms with Crippen LogP contribution in [0.2, 0.25) is 0 Å². The van der Waals surface area contributed by atoms with Crippen LogP contribution in [0.5, 0.6) is 11.5 Å². The van der Waals surface area contributed by atoms with E-state index in [0.29, 0.717) is 23.2 Å². The van der Waals surface area contributed by atoms with Crippen LogP contribution in [0.1, 0.15) is 15.9 Å². The van der Waals surface area contributed by atoms with Crippen molar-refractivity contribution in [1.29, 1.82) is 0 Å². The van der Waals surface area contributed by atoms with Gasteiger partial charge in [-0.2, -0.15) is 0 Å². The third kappa shape index (κ3) is 6.25. The van der Waals surface area contributed by atoms with Gasteiger partial charge in [0.15, 0.2) is 5.11 Å². The number of thiocarbonyl (C=S) groups is 1. The van der Waals surface area contributed by atoms with Crippen molar-refractivity contribution in [2.75, 3.05) is 11.9 Å². The van der Waals surface area contributed by atoms with Gasteiger partial charge in [0.1, 0.15) is 11.5 Å². The first-order chi connectivity index (χ1) is 15.3. The molecule has 3 N–H and O–H groups in total. The largest absolute Gasteiger partial charge is 0.506 e. The molecule has 32 heavy (non-hydrogen) atoms. The summed E-state index contributed by atoms with van der Waals surface area (Å²) in [5, 5.41) is 25.8. The molecule has 0 spiro atoms. The fourth-order valence-electron chi connectivity index (χ4n) is 2.79. The maximum Gasteiger partial charge on any atom is 0.273 e. The molecule has 0 radical (unpaired) electrons. The molecule has 3 rings (SSSR count). The van der Waals surface area contributed by atoms with Gasteiger partial charge in [0.2, 0.25) is 0 Å². The second-order valence-electron chi connectivity index (χ2n) is 6.59. The number of aromatic hydroxyl groups is 1. The van der Waals surface area contributed by atoms with Crippen LogP contribution in [0.15, 0.2) is 71.2 Å². The maximum absolute atomic E-state index is 12.8. The normalized spacial score (nSPS) is 10.3. The summed E-state index contributed by atoms with van der Waals surface area (Å²) in [4.78, 5) is 22.9. The van der Waals surface area contributed by atoms with E-state index >= 15 is 0 Å². The third-order valence-electron chi connectivity index (χ3n) is 4.34. The number of carbonyl (C=O) groups excluding carboxylic acids is 1. The third-order valence-corrected chi connectivity index (χ3v) is 5.04. The second-order valence-corrected chi connectivity index (χ2v) is 7.92. The predicted octanol–water partition coefficient (Wildman–Crippen LogP) is 4.81. The summed E-state index contributed by atoms with van der Waals surface area (Å²) in [6.07, 6.45) is 0.678. The Hall–Kier alpha value is -3.50. The van der Waals surface area contributed by atoms with Crippen molar-refractivity contribution in [3.8, 4) is 11.5 Å². The molecule has 3 aromatic carbocycles. The van der Waals surface area contributed by atoms with E-state index in [1.54, 1.807) is 18.2 Å². The smallest absolute Gasteiger partial charge is 0.273 e. The molecule has 1 amide bonds.